The van der Waals surface area contributed by atoms with Crippen molar-refractivity contribution < 1.29 is 27.4 Å². The molecule has 2 saturated carbocycles. The molecule has 1 saturated heterocycles. The van der Waals surface area contributed by atoms with Gasteiger partial charge in [-0.1, -0.05) is 0 Å². The van der Waals surface area contributed by atoms with Gasteiger partial charge in [-0.05, 0) is 49.8 Å². The Bertz CT molecular complexity index is 809. The topological polar surface area (TPSA) is 87.7 Å². The highest BCUT2D eigenvalue weighted by molar-refractivity contribution is 8.26. The van der Waals surface area contributed by atoms with Crippen molar-refractivity contribution in [1.82, 2.24) is 0 Å². The number of rotatable bonds is 1. The van der Waals surface area contributed by atoms with Crippen molar-refractivity contribution in [2.75, 3.05) is 10.8 Å². The summed E-state index contributed by atoms with van der Waals surface area (Å²) in [5, 5.41) is 19.1. The number of hydrogen-bond acceptors (Lipinski definition) is 5. The van der Waals surface area contributed by atoms with Crippen LogP contribution in [0.15, 0.2) is 18.2 Å². The predicted octanol–water partition coefficient (Wildman–Crippen LogP) is 3.84. The van der Waals surface area contributed by atoms with E-state index >= 15 is 0 Å². The fraction of sp³-hybridized carbons (Fsp3) is 0.588. The van der Waals surface area contributed by atoms with E-state index in [1.807, 2.05) is 0 Å². The van der Waals surface area contributed by atoms with E-state index in [9.17, 15) is 27.4 Å². The molecule has 0 aromatic heterocycles. The molecular formula is C17H19F3N2O3S. The lowest BCUT2D eigenvalue weighted by Crippen LogP contribution is -2.44. The second kappa shape index (κ2) is 5.29. The van der Waals surface area contributed by atoms with Crippen molar-refractivity contribution in [2.45, 2.75) is 36.8 Å². The first kappa shape index (κ1) is 17.9. The molecule has 1 aliphatic heterocycles. The first-order chi connectivity index (χ1) is 12.0. The van der Waals surface area contributed by atoms with Gasteiger partial charge in [-0.15, -0.1) is 10.8 Å². The molecular weight excluding hydrogens is 369 g/mol. The number of hydrogen-bond donors (Lipinski definition) is 3. The number of nitriles is 1. The van der Waals surface area contributed by atoms with E-state index in [0.29, 0.717) is 12.8 Å². The molecule has 4 rings (SSSR count). The van der Waals surface area contributed by atoms with E-state index in [2.05, 4.69) is 0 Å². The maximum Gasteiger partial charge on any atom is 0.417 e. The van der Waals surface area contributed by atoms with Crippen LogP contribution in [0.3, 0.4) is 0 Å². The van der Waals surface area contributed by atoms with Gasteiger partial charge in [0, 0.05) is 12.5 Å². The summed E-state index contributed by atoms with van der Waals surface area (Å²) < 4.78 is 62.2. The van der Waals surface area contributed by atoms with Gasteiger partial charge in [0.2, 0.25) is 0 Å². The van der Waals surface area contributed by atoms with Gasteiger partial charge in [0.25, 0.3) is 0 Å². The molecule has 9 heteroatoms. The zero-order chi connectivity index (χ0) is 19.1. The molecule has 2 aliphatic carbocycles. The fourth-order valence-electron chi connectivity index (χ4n) is 5.21. The molecule has 0 amide bonds. The minimum absolute atomic E-state index is 0.0424. The third-order valence-corrected chi connectivity index (χ3v) is 9.41. The maximum absolute atomic E-state index is 13.3. The van der Waals surface area contributed by atoms with Crippen molar-refractivity contribution in [3.05, 3.63) is 29.3 Å². The molecule has 142 valence electrons. The Morgan fingerprint density at radius 2 is 2.00 bits per heavy atom. The minimum Gasteiger partial charge on any atom is -0.393 e. The lowest BCUT2D eigenvalue weighted by atomic mass is 9.78. The van der Waals surface area contributed by atoms with Gasteiger partial charge in [-0.3, -0.25) is 13.4 Å². The maximum atomic E-state index is 13.3. The lowest BCUT2D eigenvalue weighted by Gasteiger charge is -2.51. The predicted molar refractivity (Wildman–Crippen MR) is 90.5 cm³/mol. The number of anilines is 1. The van der Waals surface area contributed by atoms with Crippen LogP contribution in [0.5, 0.6) is 0 Å². The monoisotopic (exact) mass is 388 g/mol. The summed E-state index contributed by atoms with van der Waals surface area (Å²) in [6.45, 7) is 1.96. The molecule has 5 nitrogen and oxygen atoms in total. The van der Waals surface area contributed by atoms with Gasteiger partial charge < -0.3 is 5.11 Å². The molecule has 1 aromatic carbocycles. The highest BCUT2D eigenvalue weighted by Crippen LogP contribution is 2.76. The summed E-state index contributed by atoms with van der Waals surface area (Å²) in [5.74, 6) is -0.323. The average Bonchev–Trinajstić information content (AvgIpc) is 3.13. The molecule has 3 aliphatic rings. The van der Waals surface area contributed by atoms with Crippen molar-refractivity contribution in [3.8, 4) is 6.07 Å². The first-order valence-corrected chi connectivity index (χ1v) is 9.87. The Morgan fingerprint density at radius 1 is 1.31 bits per heavy atom. The first-order valence-electron chi connectivity index (χ1n) is 8.36. The number of aliphatic hydroxyl groups excluding tert-OH is 1. The summed E-state index contributed by atoms with van der Waals surface area (Å²) in [6.07, 6.45) is -4.01. The Balaban J connectivity index is 1.78. The molecule has 0 unspecified atom stereocenters. The summed E-state index contributed by atoms with van der Waals surface area (Å²) in [5.41, 5.74) is -1.54. The van der Waals surface area contributed by atoms with Gasteiger partial charge in [-0.2, -0.15) is 18.4 Å². The van der Waals surface area contributed by atoms with E-state index in [1.165, 1.54) is 16.4 Å². The number of nitrogens with zero attached hydrogens (tertiary/aromatic N) is 2. The van der Waals surface area contributed by atoms with E-state index in [-0.39, 0.29) is 30.0 Å². The Labute approximate surface area is 150 Å². The summed E-state index contributed by atoms with van der Waals surface area (Å²) in [6, 6.07) is 4.73. The van der Waals surface area contributed by atoms with Crippen LogP contribution in [0, 0.1) is 29.1 Å². The molecule has 2 bridgehead atoms. The zero-order valence-corrected chi connectivity index (χ0v) is 14.8. The van der Waals surface area contributed by atoms with Crippen LogP contribution in [0.1, 0.15) is 30.9 Å². The Morgan fingerprint density at radius 3 is 2.62 bits per heavy atom. The molecule has 3 fully saturated rings. The number of aliphatic hydroxyl groups is 1. The fourth-order valence-corrected chi connectivity index (χ4v) is 7.76. The van der Waals surface area contributed by atoms with Gasteiger partial charge in [-0.25, -0.2) is 0 Å². The Kier molecular flexibility index (Phi) is 3.64. The van der Waals surface area contributed by atoms with Gasteiger partial charge in [0.15, 0.2) is 0 Å². The second-order valence-corrected chi connectivity index (χ2v) is 9.97. The highest BCUT2D eigenvalue weighted by Gasteiger charge is 2.69. The van der Waals surface area contributed by atoms with E-state index in [4.69, 9.17) is 5.26 Å². The Hall–Kier alpha value is -1.47. The van der Waals surface area contributed by atoms with Crippen LogP contribution in [0.25, 0.3) is 0 Å². The number of benzene rings is 1. The SMILES string of the molecule is C[C@@]12[C@H]3C[C@H]([C@@H](O)C3)[C@@H]1CN(c1ccc(C#N)c(C(F)(F)F)c1)S2(O)O. The standard InChI is InChI=1S/C17H19F3N2O3S/c1-16-10-4-12(15(23)5-10)14(16)8-22(26(16,24)25)11-3-2-9(7-21)13(6-11)17(18,19)20/h2-3,6,10,12,14-15,23-25H,4-5,8H2,1H3/t10-,12-,14-,15-,16+/m0/s1. The lowest BCUT2D eigenvalue weighted by molar-refractivity contribution is -0.137. The van der Waals surface area contributed by atoms with Crippen LogP contribution >= 0.6 is 10.8 Å². The zero-order valence-electron chi connectivity index (χ0n) is 13.9. The van der Waals surface area contributed by atoms with Gasteiger partial charge in [0.1, 0.15) is 0 Å². The third-order valence-electron chi connectivity index (χ3n) is 6.62. The molecule has 0 radical (unpaired) electrons. The van der Waals surface area contributed by atoms with Crippen molar-refractivity contribution in [1.29, 1.82) is 5.26 Å². The van der Waals surface area contributed by atoms with Crippen LogP contribution in [-0.4, -0.2) is 31.6 Å². The number of alkyl halides is 3. The molecule has 1 heterocycles. The van der Waals surface area contributed by atoms with Crippen molar-refractivity contribution in [2.24, 2.45) is 17.8 Å². The number of halogens is 3. The molecule has 26 heavy (non-hydrogen) atoms. The number of fused-ring (bicyclic) bond motifs is 5. The van der Waals surface area contributed by atoms with Gasteiger partial charge in [0.05, 0.1) is 33.7 Å². The summed E-state index contributed by atoms with van der Waals surface area (Å²) >= 11 is 0. The van der Waals surface area contributed by atoms with E-state index in [0.717, 1.165) is 12.1 Å². The van der Waals surface area contributed by atoms with Gasteiger partial charge >= 0.3 is 6.18 Å². The highest BCUT2D eigenvalue weighted by atomic mass is 32.3. The normalized spacial score (nSPS) is 38.9. The largest absolute Gasteiger partial charge is 0.417 e. The quantitative estimate of drug-likeness (QED) is 0.680. The minimum atomic E-state index is -4.71. The smallest absolute Gasteiger partial charge is 0.393 e. The molecule has 3 N–H and O–H groups in total. The van der Waals surface area contributed by atoms with Crippen molar-refractivity contribution in [3.63, 3.8) is 0 Å². The molecule has 1 aromatic rings. The molecule has 0 spiro atoms. The van der Waals surface area contributed by atoms with Crippen LogP contribution < -0.4 is 4.31 Å². The van der Waals surface area contributed by atoms with Crippen LogP contribution in [0.2, 0.25) is 0 Å². The second-order valence-electron chi connectivity index (χ2n) is 7.61. The van der Waals surface area contributed by atoms with E-state index < -0.39 is 38.9 Å². The summed E-state index contributed by atoms with van der Waals surface area (Å²) in [4.78, 5) is 0. The summed E-state index contributed by atoms with van der Waals surface area (Å²) in [7, 11) is -3.38. The van der Waals surface area contributed by atoms with E-state index in [1.54, 1.807) is 6.92 Å². The van der Waals surface area contributed by atoms with Crippen LogP contribution in [0.4, 0.5) is 18.9 Å². The average molecular weight is 388 g/mol. The van der Waals surface area contributed by atoms with Crippen molar-refractivity contribution >= 4 is 16.5 Å². The third kappa shape index (κ3) is 2.10. The van der Waals surface area contributed by atoms with Crippen LogP contribution in [-0.2, 0) is 6.18 Å². The molecule has 5 atom stereocenters.